The molecule has 0 aliphatic rings. The van der Waals surface area contributed by atoms with Gasteiger partial charge in [-0.2, -0.15) is 0 Å². The lowest BCUT2D eigenvalue weighted by atomic mass is 10.3. The van der Waals surface area contributed by atoms with Gasteiger partial charge >= 0.3 is 0 Å². The summed E-state index contributed by atoms with van der Waals surface area (Å²) in [6.45, 7) is 0.752. The molecule has 0 spiro atoms. The molecular formula is C9H14ClNOS. The number of thiazole rings is 1. The van der Waals surface area contributed by atoms with Crippen LogP contribution >= 0.6 is 22.9 Å². The Bertz CT molecular complexity index is 217. The Morgan fingerprint density at radius 1 is 1.54 bits per heavy atom. The number of methoxy groups -OCH3 is 1. The molecule has 0 radical (unpaired) electrons. The van der Waals surface area contributed by atoms with E-state index in [1.807, 2.05) is 0 Å². The molecule has 1 heterocycles. The third kappa shape index (κ3) is 4.07. The maximum absolute atomic E-state index is 5.60. The zero-order chi connectivity index (χ0) is 9.52. The summed E-state index contributed by atoms with van der Waals surface area (Å²) >= 11 is 7.30. The minimum absolute atomic E-state index is 0.713. The molecule has 0 amide bonds. The maximum atomic E-state index is 5.60. The van der Waals surface area contributed by atoms with Crippen LogP contribution in [0.15, 0.2) is 5.38 Å². The quantitative estimate of drug-likeness (QED) is 0.686. The molecule has 1 aromatic rings. The second-order valence-electron chi connectivity index (χ2n) is 2.77. The van der Waals surface area contributed by atoms with Crippen LogP contribution in [0.2, 0.25) is 0 Å². The van der Waals surface area contributed by atoms with Gasteiger partial charge in [0.2, 0.25) is 0 Å². The first-order chi connectivity index (χ1) is 6.36. The van der Waals surface area contributed by atoms with E-state index in [9.17, 15) is 0 Å². The molecule has 0 N–H and O–H groups in total. The highest BCUT2D eigenvalue weighted by Crippen LogP contribution is 2.12. The molecule has 0 atom stereocenters. The Morgan fingerprint density at radius 2 is 2.38 bits per heavy atom. The van der Waals surface area contributed by atoms with Crippen molar-refractivity contribution in [2.75, 3.05) is 19.6 Å². The largest absolute Gasteiger partial charge is 0.384 e. The summed E-state index contributed by atoms with van der Waals surface area (Å²) in [7, 11) is 1.71. The average Bonchev–Trinajstić information content (AvgIpc) is 2.59. The molecule has 1 rings (SSSR count). The summed E-state index contributed by atoms with van der Waals surface area (Å²) in [5.74, 6) is 0.713. The van der Waals surface area contributed by atoms with Gasteiger partial charge in [0.25, 0.3) is 0 Å². The van der Waals surface area contributed by atoms with Crippen molar-refractivity contribution >= 4 is 22.9 Å². The minimum atomic E-state index is 0.713. The Labute approximate surface area is 87.9 Å². The van der Waals surface area contributed by atoms with Gasteiger partial charge in [0.05, 0.1) is 17.3 Å². The maximum Gasteiger partial charge on any atom is 0.0951 e. The highest BCUT2D eigenvalue weighted by Gasteiger charge is 2.00. The molecule has 0 aliphatic heterocycles. The Morgan fingerprint density at radius 3 is 3.08 bits per heavy atom. The third-order valence-electron chi connectivity index (χ3n) is 1.69. The van der Waals surface area contributed by atoms with Crippen LogP contribution in [0, 0.1) is 0 Å². The normalized spacial score (nSPS) is 10.6. The minimum Gasteiger partial charge on any atom is -0.384 e. The molecule has 13 heavy (non-hydrogen) atoms. The number of hydrogen-bond acceptors (Lipinski definition) is 3. The van der Waals surface area contributed by atoms with Crippen LogP contribution in [-0.4, -0.2) is 24.6 Å². The van der Waals surface area contributed by atoms with Crippen LogP contribution in [0.5, 0.6) is 0 Å². The molecule has 0 aromatic carbocycles. The van der Waals surface area contributed by atoms with E-state index in [2.05, 4.69) is 10.4 Å². The Hall–Kier alpha value is -0.120. The number of aromatic nitrogens is 1. The molecule has 2 nitrogen and oxygen atoms in total. The first-order valence-corrected chi connectivity index (χ1v) is 5.76. The first kappa shape index (κ1) is 11.0. The number of halogens is 1. The van der Waals surface area contributed by atoms with Gasteiger partial charge in [-0.1, -0.05) is 0 Å². The molecular weight excluding hydrogens is 206 g/mol. The summed E-state index contributed by atoms with van der Waals surface area (Å²) in [5, 5.41) is 3.27. The average molecular weight is 220 g/mol. The van der Waals surface area contributed by atoms with Crippen molar-refractivity contribution in [2.45, 2.75) is 19.3 Å². The molecule has 0 fully saturated rings. The van der Waals surface area contributed by atoms with Crippen LogP contribution in [0.4, 0.5) is 0 Å². The van der Waals surface area contributed by atoms with Gasteiger partial charge in [-0.25, -0.2) is 4.98 Å². The van der Waals surface area contributed by atoms with Crippen LogP contribution in [0.25, 0.3) is 0 Å². The monoisotopic (exact) mass is 219 g/mol. The number of aryl methyl sites for hydroxylation is 1. The van der Waals surface area contributed by atoms with Gasteiger partial charge in [0.1, 0.15) is 0 Å². The van der Waals surface area contributed by atoms with E-state index in [4.69, 9.17) is 16.3 Å². The van der Waals surface area contributed by atoms with Crippen LogP contribution in [0.1, 0.15) is 17.1 Å². The van der Waals surface area contributed by atoms with Crippen LogP contribution in [-0.2, 0) is 17.6 Å². The smallest absolute Gasteiger partial charge is 0.0951 e. The predicted molar refractivity (Wildman–Crippen MR) is 56.7 cm³/mol. The topological polar surface area (TPSA) is 22.1 Å². The van der Waals surface area contributed by atoms with Crippen molar-refractivity contribution in [1.29, 1.82) is 0 Å². The molecule has 74 valence electrons. The van der Waals surface area contributed by atoms with E-state index in [0.717, 1.165) is 36.6 Å². The lowest BCUT2D eigenvalue weighted by Gasteiger charge is -1.93. The number of rotatable bonds is 6. The van der Waals surface area contributed by atoms with Crippen LogP contribution in [0.3, 0.4) is 0 Å². The van der Waals surface area contributed by atoms with Gasteiger partial charge in [-0.15, -0.1) is 22.9 Å². The first-order valence-electron chi connectivity index (χ1n) is 4.35. The number of alkyl halides is 1. The van der Waals surface area contributed by atoms with Crippen molar-refractivity contribution in [1.82, 2.24) is 4.98 Å². The van der Waals surface area contributed by atoms with E-state index in [-0.39, 0.29) is 0 Å². The molecule has 1 aromatic heterocycles. The second kappa shape index (κ2) is 6.35. The van der Waals surface area contributed by atoms with Gasteiger partial charge in [-0.05, 0) is 12.8 Å². The molecule has 0 bridgehead atoms. The fraction of sp³-hybridized carbons (Fsp3) is 0.667. The zero-order valence-electron chi connectivity index (χ0n) is 7.75. The summed E-state index contributed by atoms with van der Waals surface area (Å²) in [4.78, 5) is 4.47. The van der Waals surface area contributed by atoms with Gasteiger partial charge in [0.15, 0.2) is 0 Å². The fourth-order valence-corrected chi connectivity index (χ4v) is 1.96. The van der Waals surface area contributed by atoms with Crippen molar-refractivity contribution < 1.29 is 4.74 Å². The van der Waals surface area contributed by atoms with Crippen molar-refractivity contribution in [3.05, 3.63) is 16.1 Å². The summed E-state index contributed by atoms with van der Waals surface area (Å²) in [6.07, 6.45) is 2.92. The number of hydrogen-bond donors (Lipinski definition) is 0. The Kier molecular flexibility index (Phi) is 5.35. The predicted octanol–water partition coefficient (Wildman–Crippen LogP) is 2.50. The highest BCUT2D eigenvalue weighted by molar-refractivity contribution is 7.09. The number of nitrogens with zero attached hydrogens (tertiary/aromatic N) is 1. The van der Waals surface area contributed by atoms with Gasteiger partial charge < -0.3 is 4.74 Å². The van der Waals surface area contributed by atoms with Crippen molar-refractivity contribution in [3.8, 4) is 0 Å². The summed E-state index contributed by atoms with van der Waals surface area (Å²) < 4.78 is 4.98. The SMILES string of the molecule is COCCc1nc(CCCCl)cs1. The molecule has 0 aliphatic carbocycles. The zero-order valence-corrected chi connectivity index (χ0v) is 9.33. The number of ether oxygens (including phenoxy) is 1. The summed E-state index contributed by atoms with van der Waals surface area (Å²) in [5.41, 5.74) is 1.16. The fourth-order valence-electron chi connectivity index (χ4n) is 1.02. The van der Waals surface area contributed by atoms with Gasteiger partial charge in [0, 0.05) is 24.8 Å². The molecule has 4 heteroatoms. The molecule has 0 unspecified atom stereocenters. The second-order valence-corrected chi connectivity index (χ2v) is 4.09. The van der Waals surface area contributed by atoms with Crippen molar-refractivity contribution in [3.63, 3.8) is 0 Å². The van der Waals surface area contributed by atoms with Gasteiger partial charge in [-0.3, -0.25) is 0 Å². The third-order valence-corrected chi connectivity index (χ3v) is 2.91. The van der Waals surface area contributed by atoms with E-state index in [0.29, 0.717) is 5.88 Å². The van der Waals surface area contributed by atoms with E-state index < -0.39 is 0 Å². The van der Waals surface area contributed by atoms with Crippen molar-refractivity contribution in [2.24, 2.45) is 0 Å². The van der Waals surface area contributed by atoms with Crippen LogP contribution < -0.4 is 0 Å². The Balaban J connectivity index is 2.34. The van der Waals surface area contributed by atoms with E-state index >= 15 is 0 Å². The highest BCUT2D eigenvalue weighted by atomic mass is 35.5. The van der Waals surface area contributed by atoms with E-state index in [1.54, 1.807) is 18.4 Å². The molecule has 0 saturated carbocycles. The lowest BCUT2D eigenvalue weighted by Crippen LogP contribution is -1.94. The summed E-state index contributed by atoms with van der Waals surface area (Å²) in [6, 6.07) is 0. The molecule has 0 saturated heterocycles. The lowest BCUT2D eigenvalue weighted by molar-refractivity contribution is 0.202. The standard InChI is InChI=1S/C9H14ClNOS/c1-12-6-4-9-11-8(7-13-9)3-2-5-10/h7H,2-6H2,1H3. The van der Waals surface area contributed by atoms with E-state index in [1.165, 1.54) is 0 Å².